The number of nitrogens with zero attached hydrogens (tertiary/aromatic N) is 5. The first-order valence-corrected chi connectivity index (χ1v) is 4.25. The summed E-state index contributed by atoms with van der Waals surface area (Å²) in [5.74, 6) is 0. The molecule has 7 nitrogen and oxygen atoms in total. The largest absolute Gasteiger partial charge is 0.269 e. The lowest BCUT2D eigenvalue weighted by Crippen LogP contribution is -1.99. The van der Waals surface area contributed by atoms with Crippen molar-refractivity contribution in [1.29, 1.82) is 0 Å². The molecule has 0 aliphatic rings. The Balaban J connectivity index is 2.62. The highest BCUT2D eigenvalue weighted by atomic mass is 16.6. The zero-order valence-corrected chi connectivity index (χ0v) is 7.94. The maximum Gasteiger partial charge on any atom is 0.269 e. The topological polar surface area (TPSA) is 78.2 Å². The highest BCUT2D eigenvalue weighted by molar-refractivity contribution is 5.64. The number of non-ortho nitro benzene ring substituents is 1. The molecule has 7 heteroatoms. The summed E-state index contributed by atoms with van der Waals surface area (Å²) in [6, 6.07) is 3.93. The highest BCUT2D eigenvalue weighted by Gasteiger charge is 2.12. The van der Waals surface area contributed by atoms with Crippen molar-refractivity contribution in [3.05, 3.63) is 52.1 Å². The third-order valence-corrected chi connectivity index (χ3v) is 1.92. The van der Waals surface area contributed by atoms with Gasteiger partial charge in [0.2, 0.25) is 5.69 Å². The highest BCUT2D eigenvalue weighted by Crippen LogP contribution is 2.26. The van der Waals surface area contributed by atoms with Crippen molar-refractivity contribution in [1.82, 2.24) is 15.0 Å². The molecule has 0 unspecified atom stereocenters. The van der Waals surface area contributed by atoms with Gasteiger partial charge in [-0.25, -0.2) is 4.85 Å². The minimum Gasteiger partial charge on any atom is -0.258 e. The van der Waals surface area contributed by atoms with Gasteiger partial charge >= 0.3 is 0 Å². The number of hydrogen-bond acceptors (Lipinski definition) is 4. The average molecular weight is 215 g/mol. The van der Waals surface area contributed by atoms with Crippen molar-refractivity contribution in [2.45, 2.75) is 0 Å². The van der Waals surface area contributed by atoms with E-state index in [1.54, 1.807) is 0 Å². The first kappa shape index (κ1) is 9.79. The van der Waals surface area contributed by atoms with Crippen molar-refractivity contribution in [2.24, 2.45) is 0 Å². The summed E-state index contributed by atoms with van der Waals surface area (Å²) in [5.41, 5.74) is 0.468. The van der Waals surface area contributed by atoms with E-state index in [-0.39, 0.29) is 11.4 Å². The fourth-order valence-electron chi connectivity index (χ4n) is 1.22. The summed E-state index contributed by atoms with van der Waals surface area (Å²) < 4.78 is 0. The van der Waals surface area contributed by atoms with E-state index in [0.29, 0.717) is 5.69 Å². The van der Waals surface area contributed by atoms with E-state index in [9.17, 15) is 10.1 Å². The summed E-state index contributed by atoms with van der Waals surface area (Å²) in [7, 11) is 0. The third kappa shape index (κ3) is 1.59. The predicted octanol–water partition coefficient (Wildman–Crippen LogP) is 1.73. The molecular formula is C9H5N5O2. The van der Waals surface area contributed by atoms with Crippen molar-refractivity contribution < 1.29 is 4.92 Å². The Labute approximate surface area is 89.9 Å². The SMILES string of the molecule is [C-]#[N+]c1ccc([N+](=O)[O-])cc1-n1nccn1. The van der Waals surface area contributed by atoms with E-state index in [1.165, 1.54) is 35.4 Å². The molecule has 1 heterocycles. The molecule has 0 radical (unpaired) electrons. The smallest absolute Gasteiger partial charge is 0.258 e. The maximum absolute atomic E-state index is 10.6. The quantitative estimate of drug-likeness (QED) is 0.434. The third-order valence-electron chi connectivity index (χ3n) is 1.92. The number of aromatic nitrogens is 3. The summed E-state index contributed by atoms with van der Waals surface area (Å²) in [6.07, 6.45) is 2.87. The van der Waals surface area contributed by atoms with E-state index in [4.69, 9.17) is 6.57 Å². The number of nitro benzene ring substituents is 1. The second-order valence-electron chi connectivity index (χ2n) is 2.86. The van der Waals surface area contributed by atoms with E-state index in [0.717, 1.165) is 0 Å². The van der Waals surface area contributed by atoms with Gasteiger partial charge in [0.15, 0.2) is 0 Å². The van der Waals surface area contributed by atoms with E-state index in [1.807, 2.05) is 0 Å². The molecular weight excluding hydrogens is 210 g/mol. The maximum atomic E-state index is 10.6. The molecule has 1 aromatic carbocycles. The summed E-state index contributed by atoms with van der Waals surface area (Å²) in [5, 5.41) is 18.3. The van der Waals surface area contributed by atoms with Crippen LogP contribution >= 0.6 is 0 Å². The molecule has 0 amide bonds. The van der Waals surface area contributed by atoms with Crippen LogP contribution in [0, 0.1) is 16.7 Å². The molecule has 78 valence electrons. The second kappa shape index (κ2) is 3.78. The zero-order valence-electron chi connectivity index (χ0n) is 7.94. The van der Waals surface area contributed by atoms with Gasteiger partial charge in [-0.3, -0.25) is 10.1 Å². The minimum atomic E-state index is -0.527. The monoisotopic (exact) mass is 215 g/mol. The molecule has 0 bridgehead atoms. The first-order valence-electron chi connectivity index (χ1n) is 4.25. The lowest BCUT2D eigenvalue weighted by Gasteiger charge is -2.01. The van der Waals surface area contributed by atoms with Gasteiger partial charge in [0.1, 0.15) is 0 Å². The molecule has 0 N–H and O–H groups in total. The number of benzene rings is 1. The van der Waals surface area contributed by atoms with Crippen molar-refractivity contribution in [3.63, 3.8) is 0 Å². The van der Waals surface area contributed by atoms with Gasteiger partial charge in [-0.2, -0.15) is 15.0 Å². The van der Waals surface area contributed by atoms with Crippen molar-refractivity contribution in [2.75, 3.05) is 0 Å². The van der Waals surface area contributed by atoms with Crippen molar-refractivity contribution in [3.8, 4) is 5.69 Å². The summed E-state index contributed by atoms with van der Waals surface area (Å²) in [6.45, 7) is 6.95. The standard InChI is InChI=1S/C9H5N5O2/c1-10-8-3-2-7(14(15)16)6-9(8)13-11-4-5-12-13/h2-6H. The second-order valence-corrected chi connectivity index (χ2v) is 2.86. The lowest BCUT2D eigenvalue weighted by molar-refractivity contribution is -0.384. The Morgan fingerprint density at radius 3 is 2.62 bits per heavy atom. The lowest BCUT2D eigenvalue weighted by atomic mass is 10.2. The zero-order chi connectivity index (χ0) is 11.5. The van der Waals surface area contributed by atoms with Gasteiger partial charge in [0.05, 0.1) is 29.6 Å². The molecule has 1 aromatic heterocycles. The number of hydrogen-bond donors (Lipinski definition) is 0. The average Bonchev–Trinajstić information content (AvgIpc) is 2.81. The van der Waals surface area contributed by atoms with Crippen LogP contribution in [0.3, 0.4) is 0 Å². The van der Waals surface area contributed by atoms with Gasteiger partial charge in [-0.05, 0) is 6.07 Å². The van der Waals surface area contributed by atoms with Gasteiger partial charge in [0, 0.05) is 12.1 Å². The van der Waals surface area contributed by atoms with Gasteiger partial charge in [0.25, 0.3) is 5.69 Å². The van der Waals surface area contributed by atoms with Crippen LogP contribution in [0.4, 0.5) is 11.4 Å². The van der Waals surface area contributed by atoms with Crippen LogP contribution in [-0.2, 0) is 0 Å². The fourth-order valence-corrected chi connectivity index (χ4v) is 1.22. The van der Waals surface area contributed by atoms with Crippen LogP contribution in [0.1, 0.15) is 0 Å². The Bertz CT molecular complexity index is 570. The Morgan fingerprint density at radius 2 is 2.06 bits per heavy atom. The molecule has 0 aliphatic carbocycles. The van der Waals surface area contributed by atoms with Gasteiger partial charge in [-0.15, -0.1) is 0 Å². The van der Waals surface area contributed by atoms with Crippen LogP contribution in [0.2, 0.25) is 0 Å². The van der Waals surface area contributed by atoms with Crippen LogP contribution in [0.5, 0.6) is 0 Å². The fraction of sp³-hybridized carbons (Fsp3) is 0. The van der Waals surface area contributed by atoms with Crippen LogP contribution < -0.4 is 0 Å². The summed E-state index contributed by atoms with van der Waals surface area (Å²) in [4.78, 5) is 14.5. The molecule has 2 rings (SSSR count). The Hall–Kier alpha value is -2.75. The minimum absolute atomic E-state index is 0.0975. The molecule has 16 heavy (non-hydrogen) atoms. The molecule has 0 fully saturated rings. The van der Waals surface area contributed by atoms with Crippen LogP contribution in [-0.4, -0.2) is 19.9 Å². The molecule has 0 saturated carbocycles. The molecule has 0 spiro atoms. The summed E-state index contributed by atoms with van der Waals surface area (Å²) >= 11 is 0. The first-order chi connectivity index (χ1) is 7.72. The number of nitro groups is 1. The van der Waals surface area contributed by atoms with E-state index < -0.39 is 4.92 Å². The number of rotatable bonds is 2. The van der Waals surface area contributed by atoms with Crippen LogP contribution in [0.25, 0.3) is 10.5 Å². The Kier molecular flexibility index (Phi) is 2.31. The van der Waals surface area contributed by atoms with E-state index in [2.05, 4.69) is 15.0 Å². The normalized spacial score (nSPS) is 9.69. The molecule has 0 saturated heterocycles. The van der Waals surface area contributed by atoms with E-state index >= 15 is 0 Å². The Morgan fingerprint density at radius 1 is 1.38 bits per heavy atom. The predicted molar refractivity (Wildman–Crippen MR) is 54.3 cm³/mol. The van der Waals surface area contributed by atoms with Crippen molar-refractivity contribution >= 4 is 11.4 Å². The van der Waals surface area contributed by atoms with Gasteiger partial charge in [-0.1, -0.05) is 0 Å². The molecule has 0 atom stereocenters. The molecule has 2 aromatic rings. The van der Waals surface area contributed by atoms with Gasteiger partial charge < -0.3 is 0 Å². The molecule has 0 aliphatic heterocycles. The van der Waals surface area contributed by atoms with Crippen LogP contribution in [0.15, 0.2) is 30.6 Å².